The molecule has 102 valence electrons. The Labute approximate surface area is 111 Å². The molecule has 1 aromatic heterocycles. The van der Waals surface area contributed by atoms with Crippen LogP contribution in [0.1, 0.15) is 33.3 Å². The highest BCUT2D eigenvalue weighted by atomic mass is 15.2. The van der Waals surface area contributed by atoms with Crippen LogP contribution in [0.2, 0.25) is 0 Å². The highest BCUT2D eigenvalue weighted by Gasteiger charge is 2.12. The van der Waals surface area contributed by atoms with E-state index in [-0.39, 0.29) is 0 Å². The highest BCUT2D eigenvalue weighted by Crippen LogP contribution is 2.12. The third kappa shape index (κ3) is 5.00. The van der Waals surface area contributed by atoms with Crippen molar-refractivity contribution in [2.24, 2.45) is 17.6 Å². The van der Waals surface area contributed by atoms with Gasteiger partial charge in [0.15, 0.2) is 0 Å². The largest absolute Gasteiger partial charge is 0.340 e. The van der Waals surface area contributed by atoms with Crippen LogP contribution in [0, 0.1) is 11.8 Å². The van der Waals surface area contributed by atoms with E-state index in [2.05, 4.69) is 42.6 Å². The Balaban J connectivity index is 2.77. The van der Waals surface area contributed by atoms with Crippen LogP contribution in [0.4, 0.5) is 5.95 Å². The van der Waals surface area contributed by atoms with Crippen LogP contribution in [0.5, 0.6) is 0 Å². The normalized spacial score (nSPS) is 11.3. The van der Waals surface area contributed by atoms with Gasteiger partial charge in [-0.1, -0.05) is 27.7 Å². The number of hydrogen-bond acceptors (Lipinski definition) is 4. The molecule has 2 N–H and O–H groups in total. The first-order valence-electron chi connectivity index (χ1n) is 6.78. The van der Waals surface area contributed by atoms with Gasteiger partial charge in [-0.15, -0.1) is 0 Å². The lowest BCUT2D eigenvalue weighted by atomic mass is 10.1. The van der Waals surface area contributed by atoms with Gasteiger partial charge in [0.1, 0.15) is 0 Å². The summed E-state index contributed by atoms with van der Waals surface area (Å²) in [6.45, 7) is 11.5. The second-order valence-electron chi connectivity index (χ2n) is 5.62. The Hall–Kier alpha value is -1.16. The zero-order chi connectivity index (χ0) is 13.5. The number of nitrogens with two attached hydrogens (primary N) is 1. The zero-order valence-electron chi connectivity index (χ0n) is 12.1. The van der Waals surface area contributed by atoms with Crippen LogP contribution in [-0.4, -0.2) is 29.6 Å². The molecule has 0 aromatic carbocycles. The Morgan fingerprint density at radius 1 is 1.06 bits per heavy atom. The number of hydrogen-bond donors (Lipinski definition) is 1. The predicted molar refractivity (Wildman–Crippen MR) is 76.7 cm³/mol. The molecule has 0 amide bonds. The Morgan fingerprint density at radius 2 is 1.56 bits per heavy atom. The van der Waals surface area contributed by atoms with E-state index >= 15 is 0 Å². The fraction of sp³-hybridized carbons (Fsp3) is 0.714. The Kier molecular flexibility index (Phi) is 6.05. The van der Waals surface area contributed by atoms with Gasteiger partial charge in [0, 0.05) is 25.5 Å². The minimum Gasteiger partial charge on any atom is -0.340 e. The van der Waals surface area contributed by atoms with Crippen LogP contribution in [0.15, 0.2) is 12.4 Å². The lowest BCUT2D eigenvalue weighted by Gasteiger charge is -2.26. The van der Waals surface area contributed by atoms with Gasteiger partial charge in [0.05, 0.1) is 0 Å². The number of aromatic nitrogens is 2. The topological polar surface area (TPSA) is 55.0 Å². The molecule has 0 aliphatic heterocycles. The van der Waals surface area contributed by atoms with Crippen molar-refractivity contribution in [1.29, 1.82) is 0 Å². The third-order valence-electron chi connectivity index (χ3n) is 2.58. The molecule has 0 aliphatic rings. The van der Waals surface area contributed by atoms with Crippen molar-refractivity contribution in [2.75, 3.05) is 24.5 Å². The van der Waals surface area contributed by atoms with Crippen molar-refractivity contribution in [3.05, 3.63) is 18.0 Å². The van der Waals surface area contributed by atoms with Gasteiger partial charge >= 0.3 is 0 Å². The molecule has 18 heavy (non-hydrogen) atoms. The molecule has 0 unspecified atom stereocenters. The smallest absolute Gasteiger partial charge is 0.225 e. The summed E-state index contributed by atoms with van der Waals surface area (Å²) < 4.78 is 0. The van der Waals surface area contributed by atoms with Crippen LogP contribution < -0.4 is 10.6 Å². The molecule has 0 aliphatic carbocycles. The average molecular weight is 250 g/mol. The van der Waals surface area contributed by atoms with Crippen molar-refractivity contribution >= 4 is 5.95 Å². The Morgan fingerprint density at radius 3 is 1.94 bits per heavy atom. The van der Waals surface area contributed by atoms with Gasteiger partial charge in [0.2, 0.25) is 5.95 Å². The molecule has 4 heteroatoms. The fourth-order valence-electron chi connectivity index (χ4n) is 1.93. The van der Waals surface area contributed by atoms with E-state index < -0.39 is 0 Å². The summed E-state index contributed by atoms with van der Waals surface area (Å²) in [5.74, 6) is 2.05. The highest BCUT2D eigenvalue weighted by molar-refractivity contribution is 5.30. The van der Waals surface area contributed by atoms with Crippen LogP contribution in [0.25, 0.3) is 0 Å². The molecule has 1 heterocycles. The van der Waals surface area contributed by atoms with E-state index in [9.17, 15) is 0 Å². The van der Waals surface area contributed by atoms with Crippen LogP contribution in [-0.2, 0) is 6.42 Å². The molecule has 0 atom stereocenters. The second kappa shape index (κ2) is 7.31. The van der Waals surface area contributed by atoms with Crippen molar-refractivity contribution in [3.8, 4) is 0 Å². The maximum atomic E-state index is 5.52. The van der Waals surface area contributed by atoms with E-state index in [0.29, 0.717) is 18.4 Å². The van der Waals surface area contributed by atoms with Crippen molar-refractivity contribution in [3.63, 3.8) is 0 Å². The molecule has 0 bridgehead atoms. The molecular formula is C14H26N4. The fourth-order valence-corrected chi connectivity index (χ4v) is 1.93. The van der Waals surface area contributed by atoms with E-state index in [1.807, 2.05) is 12.4 Å². The first-order chi connectivity index (χ1) is 8.52. The summed E-state index contributed by atoms with van der Waals surface area (Å²) in [5, 5.41) is 0. The monoisotopic (exact) mass is 250 g/mol. The molecule has 0 fully saturated rings. The number of rotatable bonds is 7. The maximum absolute atomic E-state index is 5.52. The summed E-state index contributed by atoms with van der Waals surface area (Å²) in [7, 11) is 0. The van der Waals surface area contributed by atoms with Crippen molar-refractivity contribution < 1.29 is 0 Å². The summed E-state index contributed by atoms with van der Waals surface area (Å²) >= 11 is 0. The first-order valence-corrected chi connectivity index (χ1v) is 6.78. The van der Waals surface area contributed by atoms with Gasteiger partial charge in [0.25, 0.3) is 0 Å². The SMILES string of the molecule is CC(C)CN(CC(C)C)c1ncc(CCN)cn1. The first kappa shape index (κ1) is 14.9. The van der Waals surface area contributed by atoms with Gasteiger partial charge in [-0.25, -0.2) is 9.97 Å². The van der Waals surface area contributed by atoms with Gasteiger partial charge in [-0.05, 0) is 30.4 Å². The quantitative estimate of drug-likeness (QED) is 0.805. The third-order valence-corrected chi connectivity index (χ3v) is 2.58. The lowest BCUT2D eigenvalue weighted by molar-refractivity contribution is 0.544. The molecule has 1 rings (SSSR count). The van der Waals surface area contributed by atoms with Crippen LogP contribution >= 0.6 is 0 Å². The van der Waals surface area contributed by atoms with E-state index in [1.165, 1.54) is 0 Å². The molecular weight excluding hydrogens is 224 g/mol. The summed E-state index contributed by atoms with van der Waals surface area (Å²) in [6.07, 6.45) is 4.63. The lowest BCUT2D eigenvalue weighted by Crippen LogP contribution is -2.32. The van der Waals surface area contributed by atoms with Crippen molar-refractivity contribution in [2.45, 2.75) is 34.1 Å². The average Bonchev–Trinajstić information content (AvgIpc) is 2.28. The summed E-state index contributed by atoms with van der Waals surface area (Å²) in [6, 6.07) is 0. The molecule has 0 saturated heterocycles. The minimum absolute atomic E-state index is 0.607. The Bertz CT molecular complexity index is 322. The van der Waals surface area contributed by atoms with Crippen LogP contribution in [0.3, 0.4) is 0 Å². The summed E-state index contributed by atoms with van der Waals surface area (Å²) in [4.78, 5) is 11.2. The molecule has 4 nitrogen and oxygen atoms in total. The summed E-state index contributed by atoms with van der Waals surface area (Å²) in [5.41, 5.74) is 6.63. The molecule has 0 radical (unpaired) electrons. The van der Waals surface area contributed by atoms with Crippen molar-refractivity contribution in [1.82, 2.24) is 9.97 Å². The second-order valence-corrected chi connectivity index (χ2v) is 5.62. The molecule has 1 aromatic rings. The van der Waals surface area contributed by atoms with Gasteiger partial charge in [-0.2, -0.15) is 0 Å². The van der Waals surface area contributed by atoms with E-state index in [0.717, 1.165) is 31.0 Å². The van der Waals surface area contributed by atoms with Gasteiger partial charge < -0.3 is 10.6 Å². The maximum Gasteiger partial charge on any atom is 0.225 e. The number of nitrogens with zero attached hydrogens (tertiary/aromatic N) is 3. The minimum atomic E-state index is 0.607. The number of anilines is 1. The standard InChI is InChI=1S/C14H26N4/c1-11(2)9-18(10-12(3)4)14-16-7-13(5-6-15)8-17-14/h7-8,11-12H,5-6,9-10,15H2,1-4H3. The van der Waals surface area contributed by atoms with E-state index in [4.69, 9.17) is 5.73 Å². The zero-order valence-corrected chi connectivity index (χ0v) is 12.1. The molecule has 0 saturated carbocycles. The van der Waals surface area contributed by atoms with Gasteiger partial charge in [-0.3, -0.25) is 0 Å². The predicted octanol–water partition coefficient (Wildman–Crippen LogP) is 2.10. The van der Waals surface area contributed by atoms with E-state index in [1.54, 1.807) is 0 Å². The molecule has 0 spiro atoms.